The minimum absolute atomic E-state index is 0.258. The lowest BCUT2D eigenvalue weighted by atomic mass is 10.1. The second kappa shape index (κ2) is 3.80. The van der Waals surface area contributed by atoms with Gasteiger partial charge in [-0.05, 0) is 13.0 Å². The molecule has 0 saturated carbocycles. The molecule has 1 N–H and O–H groups in total. The van der Waals surface area contributed by atoms with Crippen molar-refractivity contribution >= 4 is 22.2 Å². The second-order valence-corrected chi connectivity index (χ2v) is 5.84. The average Bonchev–Trinajstić information content (AvgIpc) is 3.01. The third-order valence-corrected chi connectivity index (χ3v) is 4.67. The van der Waals surface area contributed by atoms with Crippen LogP contribution in [0.15, 0.2) is 17.8 Å². The lowest BCUT2D eigenvalue weighted by Gasteiger charge is -2.22. The summed E-state index contributed by atoms with van der Waals surface area (Å²) in [5.41, 5.74) is 0.989. The summed E-state index contributed by atoms with van der Waals surface area (Å²) >= 11 is 1.62. The fourth-order valence-electron chi connectivity index (χ4n) is 3.06. The van der Waals surface area contributed by atoms with E-state index in [1.165, 1.54) is 0 Å². The summed E-state index contributed by atoms with van der Waals surface area (Å²) in [4.78, 5) is 19.5. The monoisotopic (exact) mass is 262 g/mol. The predicted molar refractivity (Wildman–Crippen MR) is 68.4 cm³/mol. The van der Waals surface area contributed by atoms with Gasteiger partial charge in [0, 0.05) is 36.3 Å². The highest BCUT2D eigenvalue weighted by molar-refractivity contribution is 7.15. The Kier molecular flexibility index (Phi) is 2.22. The van der Waals surface area contributed by atoms with Crippen molar-refractivity contribution in [3.8, 4) is 0 Å². The molecule has 4 heterocycles. The van der Waals surface area contributed by atoms with Crippen molar-refractivity contribution < 1.29 is 4.79 Å². The van der Waals surface area contributed by atoms with Crippen LogP contribution < -0.4 is 5.32 Å². The number of likely N-dealkylation sites (tertiary alicyclic amines) is 1. The van der Waals surface area contributed by atoms with Crippen LogP contribution in [0.1, 0.15) is 18.5 Å². The quantitative estimate of drug-likeness (QED) is 0.873. The fraction of sp³-hybridized carbons (Fsp3) is 0.500. The molecule has 0 aliphatic carbocycles. The molecule has 94 valence electrons. The number of thiazole rings is 1. The van der Waals surface area contributed by atoms with E-state index in [0.29, 0.717) is 25.0 Å². The van der Waals surface area contributed by atoms with E-state index in [4.69, 9.17) is 0 Å². The Bertz CT molecular complexity index is 576. The molecule has 4 rings (SSSR count). The van der Waals surface area contributed by atoms with Crippen molar-refractivity contribution in [2.24, 2.45) is 0 Å². The van der Waals surface area contributed by atoms with Gasteiger partial charge in [-0.15, -0.1) is 11.3 Å². The number of nitrogens with zero attached hydrogens (tertiary/aromatic N) is 3. The van der Waals surface area contributed by atoms with Gasteiger partial charge in [0.1, 0.15) is 0 Å². The van der Waals surface area contributed by atoms with Gasteiger partial charge in [0.05, 0.1) is 12.2 Å². The molecular weight excluding hydrogens is 248 g/mol. The molecule has 0 radical (unpaired) electrons. The number of amides is 1. The highest BCUT2D eigenvalue weighted by atomic mass is 32.1. The Balaban J connectivity index is 1.60. The van der Waals surface area contributed by atoms with E-state index in [1.54, 1.807) is 11.3 Å². The number of nitrogens with one attached hydrogen (secondary N) is 1. The smallest absolute Gasteiger partial charge is 0.224 e. The van der Waals surface area contributed by atoms with E-state index in [1.807, 2.05) is 27.1 Å². The van der Waals surface area contributed by atoms with Crippen molar-refractivity contribution in [2.45, 2.75) is 31.5 Å². The van der Waals surface area contributed by atoms with Crippen LogP contribution in [0.3, 0.4) is 0 Å². The molecule has 5 nitrogen and oxygen atoms in total. The number of aromatic nitrogens is 2. The molecule has 0 spiro atoms. The minimum atomic E-state index is 0.258. The molecular formula is C12H14N4OS. The highest BCUT2D eigenvalue weighted by Gasteiger charge is 2.42. The van der Waals surface area contributed by atoms with Crippen LogP contribution in [0.5, 0.6) is 0 Å². The number of hydrogen-bond acceptors (Lipinski definition) is 4. The summed E-state index contributed by atoms with van der Waals surface area (Å²) in [6.07, 6.45) is 5.74. The van der Waals surface area contributed by atoms with Crippen LogP contribution in [0, 0.1) is 0 Å². The first-order chi connectivity index (χ1) is 8.81. The maximum absolute atomic E-state index is 12.0. The largest absolute Gasteiger partial charge is 0.332 e. The van der Waals surface area contributed by atoms with Gasteiger partial charge in [0.15, 0.2) is 4.96 Å². The van der Waals surface area contributed by atoms with Crippen LogP contribution in [-0.4, -0.2) is 38.8 Å². The number of fused-ring (bicyclic) bond motifs is 2. The first-order valence-electron chi connectivity index (χ1n) is 6.25. The fourth-order valence-corrected chi connectivity index (χ4v) is 3.78. The van der Waals surface area contributed by atoms with Crippen molar-refractivity contribution in [3.63, 3.8) is 0 Å². The molecule has 2 aliphatic rings. The first kappa shape index (κ1) is 10.5. The third kappa shape index (κ3) is 1.49. The zero-order valence-corrected chi connectivity index (χ0v) is 10.7. The van der Waals surface area contributed by atoms with E-state index < -0.39 is 0 Å². The van der Waals surface area contributed by atoms with Gasteiger partial charge in [-0.2, -0.15) is 0 Å². The molecule has 2 aromatic heterocycles. The number of carbonyl (C=O) groups is 1. The van der Waals surface area contributed by atoms with Gasteiger partial charge >= 0.3 is 0 Å². The Hall–Kier alpha value is -1.40. The number of imidazole rings is 1. The van der Waals surface area contributed by atoms with Crippen molar-refractivity contribution in [2.75, 3.05) is 6.54 Å². The molecule has 18 heavy (non-hydrogen) atoms. The molecule has 2 saturated heterocycles. The summed E-state index contributed by atoms with van der Waals surface area (Å²) in [6, 6.07) is 0.735. The highest BCUT2D eigenvalue weighted by Crippen LogP contribution is 2.27. The summed E-state index contributed by atoms with van der Waals surface area (Å²) in [5.74, 6) is 0.258. The summed E-state index contributed by atoms with van der Waals surface area (Å²) in [5, 5.41) is 5.42. The Labute approximate surface area is 108 Å². The summed E-state index contributed by atoms with van der Waals surface area (Å²) in [7, 11) is 0. The SMILES string of the molecule is O=C1C[C@H]2NCC[C@H]2N1Cc1cn2ccsc2n1. The summed E-state index contributed by atoms with van der Waals surface area (Å²) in [6.45, 7) is 1.67. The topological polar surface area (TPSA) is 49.6 Å². The van der Waals surface area contributed by atoms with Gasteiger partial charge in [-0.3, -0.25) is 9.20 Å². The van der Waals surface area contributed by atoms with Gasteiger partial charge in [-0.1, -0.05) is 0 Å². The van der Waals surface area contributed by atoms with Crippen molar-refractivity contribution in [3.05, 3.63) is 23.5 Å². The van der Waals surface area contributed by atoms with Crippen LogP contribution in [0.25, 0.3) is 4.96 Å². The Morgan fingerprint density at radius 3 is 3.39 bits per heavy atom. The van der Waals surface area contributed by atoms with Gasteiger partial charge in [-0.25, -0.2) is 4.98 Å². The molecule has 2 aromatic rings. The standard InChI is InChI=1S/C12H14N4OS/c17-11-5-9-10(1-2-13-9)16(11)7-8-6-15-3-4-18-12(15)14-8/h3-4,6,9-10,13H,1-2,5,7H2/t9-,10-/m1/s1. The Morgan fingerprint density at radius 2 is 2.50 bits per heavy atom. The van der Waals surface area contributed by atoms with E-state index >= 15 is 0 Å². The van der Waals surface area contributed by atoms with Crippen LogP contribution in [0.4, 0.5) is 0 Å². The van der Waals surface area contributed by atoms with Gasteiger partial charge < -0.3 is 10.2 Å². The number of rotatable bonds is 2. The third-order valence-electron chi connectivity index (χ3n) is 3.90. The van der Waals surface area contributed by atoms with E-state index in [-0.39, 0.29) is 5.91 Å². The average molecular weight is 262 g/mol. The molecule has 2 fully saturated rings. The van der Waals surface area contributed by atoms with Crippen LogP contribution >= 0.6 is 11.3 Å². The number of hydrogen-bond donors (Lipinski definition) is 1. The second-order valence-electron chi connectivity index (χ2n) is 4.97. The zero-order chi connectivity index (χ0) is 12.1. The minimum Gasteiger partial charge on any atom is -0.332 e. The Morgan fingerprint density at radius 1 is 1.56 bits per heavy atom. The zero-order valence-electron chi connectivity index (χ0n) is 9.87. The normalized spacial score (nSPS) is 27.3. The molecule has 0 aromatic carbocycles. The molecule has 2 atom stereocenters. The maximum atomic E-state index is 12.0. The van der Waals surface area contributed by atoms with Crippen LogP contribution in [0.2, 0.25) is 0 Å². The van der Waals surface area contributed by atoms with Crippen molar-refractivity contribution in [1.82, 2.24) is 19.6 Å². The lowest BCUT2D eigenvalue weighted by molar-refractivity contribution is -0.129. The lowest BCUT2D eigenvalue weighted by Crippen LogP contribution is -2.35. The van der Waals surface area contributed by atoms with Crippen molar-refractivity contribution in [1.29, 1.82) is 0 Å². The summed E-state index contributed by atoms with van der Waals surface area (Å²) < 4.78 is 2.02. The van der Waals surface area contributed by atoms with E-state index in [2.05, 4.69) is 10.3 Å². The van der Waals surface area contributed by atoms with E-state index in [9.17, 15) is 4.79 Å². The molecule has 0 bridgehead atoms. The molecule has 2 aliphatic heterocycles. The predicted octanol–water partition coefficient (Wildman–Crippen LogP) is 0.859. The van der Waals surface area contributed by atoms with E-state index in [0.717, 1.165) is 23.6 Å². The van der Waals surface area contributed by atoms with Gasteiger partial charge in [0.2, 0.25) is 5.91 Å². The molecule has 6 heteroatoms. The maximum Gasteiger partial charge on any atom is 0.224 e. The van der Waals surface area contributed by atoms with Gasteiger partial charge in [0.25, 0.3) is 0 Å². The first-order valence-corrected chi connectivity index (χ1v) is 7.13. The molecule has 0 unspecified atom stereocenters. The number of carbonyl (C=O) groups excluding carboxylic acids is 1. The van der Waals surface area contributed by atoms with Crippen LogP contribution in [-0.2, 0) is 11.3 Å². The molecule has 1 amide bonds.